The third kappa shape index (κ3) is 4.13. The van der Waals surface area contributed by atoms with E-state index in [1.807, 2.05) is 4.72 Å². The quantitative estimate of drug-likeness (QED) is 0.849. The molecule has 1 N–H and O–H groups in total. The highest BCUT2D eigenvalue weighted by atomic mass is 32.2. The van der Waals surface area contributed by atoms with Gasteiger partial charge in [-0.15, -0.1) is 0 Å². The monoisotopic (exact) mass is 347 g/mol. The van der Waals surface area contributed by atoms with Crippen LogP contribution in [0.5, 0.6) is 0 Å². The Kier molecular flexibility index (Phi) is 4.20. The van der Waals surface area contributed by atoms with Crippen LogP contribution in [0.25, 0.3) is 0 Å². The molecule has 124 valence electrons. The summed E-state index contributed by atoms with van der Waals surface area (Å²) in [6.07, 6.45) is -8.61. The molecule has 1 aromatic rings. The molecule has 0 atom stereocenters. The zero-order valence-electron chi connectivity index (χ0n) is 10.9. The maximum atomic E-state index is 12.7. The summed E-state index contributed by atoms with van der Waals surface area (Å²) in [6, 6.07) is 0.287. The van der Waals surface area contributed by atoms with Gasteiger partial charge in [-0.2, -0.15) is 26.3 Å². The summed E-state index contributed by atoms with van der Waals surface area (Å²) in [7, 11) is -4.43. The van der Waals surface area contributed by atoms with Crippen LogP contribution in [0.2, 0.25) is 0 Å². The van der Waals surface area contributed by atoms with Crippen molar-refractivity contribution in [2.24, 2.45) is 5.92 Å². The van der Waals surface area contributed by atoms with E-state index < -0.39 is 38.4 Å². The number of hydrogen-bond donors (Lipinski definition) is 1. The number of nitrogens with one attached hydrogen (secondary N) is 1. The van der Waals surface area contributed by atoms with Gasteiger partial charge >= 0.3 is 12.4 Å². The highest BCUT2D eigenvalue weighted by molar-refractivity contribution is 7.89. The van der Waals surface area contributed by atoms with Crippen molar-refractivity contribution in [3.05, 3.63) is 29.3 Å². The Balaban J connectivity index is 2.45. The van der Waals surface area contributed by atoms with E-state index in [0.717, 1.165) is 12.8 Å². The van der Waals surface area contributed by atoms with Crippen LogP contribution in [0.3, 0.4) is 0 Å². The lowest BCUT2D eigenvalue weighted by Gasteiger charge is -2.14. The smallest absolute Gasteiger partial charge is 0.211 e. The van der Waals surface area contributed by atoms with E-state index in [2.05, 4.69) is 0 Å². The second-order valence-electron chi connectivity index (χ2n) is 5.04. The van der Waals surface area contributed by atoms with Gasteiger partial charge in [-0.05, 0) is 37.0 Å². The predicted octanol–water partition coefficient (Wildman–Crippen LogP) is 3.41. The molecular formula is C12H11F6NO2S. The topological polar surface area (TPSA) is 46.2 Å². The summed E-state index contributed by atoms with van der Waals surface area (Å²) in [4.78, 5) is -1.05. The largest absolute Gasteiger partial charge is 0.416 e. The summed E-state index contributed by atoms with van der Waals surface area (Å²) >= 11 is 0. The van der Waals surface area contributed by atoms with Crippen LogP contribution in [-0.4, -0.2) is 15.0 Å². The van der Waals surface area contributed by atoms with Crippen LogP contribution < -0.4 is 4.72 Å². The maximum Gasteiger partial charge on any atom is 0.416 e. The van der Waals surface area contributed by atoms with Crippen molar-refractivity contribution < 1.29 is 34.8 Å². The SMILES string of the molecule is O=S(=O)(NCC1CC1)c1cc(C(F)(F)F)cc(C(F)(F)F)c1. The molecule has 22 heavy (non-hydrogen) atoms. The summed E-state index contributed by atoms with van der Waals surface area (Å²) in [5, 5.41) is 0. The third-order valence-electron chi connectivity index (χ3n) is 3.13. The molecule has 0 unspecified atom stereocenters. The van der Waals surface area contributed by atoms with E-state index in [1.54, 1.807) is 0 Å². The van der Waals surface area contributed by atoms with Crippen molar-refractivity contribution in [3.8, 4) is 0 Å². The van der Waals surface area contributed by atoms with Crippen LogP contribution in [0.4, 0.5) is 26.3 Å². The highest BCUT2D eigenvalue weighted by Gasteiger charge is 2.38. The van der Waals surface area contributed by atoms with Gasteiger partial charge in [0, 0.05) is 6.54 Å². The molecule has 1 aromatic carbocycles. The zero-order chi connectivity index (χ0) is 16.8. The number of sulfonamides is 1. The van der Waals surface area contributed by atoms with Crippen molar-refractivity contribution >= 4 is 10.0 Å². The fraction of sp³-hybridized carbons (Fsp3) is 0.500. The molecule has 0 heterocycles. The Morgan fingerprint density at radius 1 is 0.955 bits per heavy atom. The average molecular weight is 347 g/mol. The Hall–Kier alpha value is -1.29. The second-order valence-corrected chi connectivity index (χ2v) is 6.80. The van der Waals surface area contributed by atoms with Crippen LogP contribution in [-0.2, 0) is 22.4 Å². The fourth-order valence-electron chi connectivity index (χ4n) is 1.71. The van der Waals surface area contributed by atoms with Crippen LogP contribution in [0, 0.1) is 5.92 Å². The summed E-state index contributed by atoms with van der Waals surface area (Å²) in [5.41, 5.74) is -3.32. The van der Waals surface area contributed by atoms with Crippen molar-refractivity contribution in [2.45, 2.75) is 30.1 Å². The van der Waals surface area contributed by atoms with E-state index in [1.165, 1.54) is 0 Å². The molecule has 1 aliphatic rings. The van der Waals surface area contributed by atoms with Crippen molar-refractivity contribution in [2.75, 3.05) is 6.54 Å². The fourth-order valence-corrected chi connectivity index (χ4v) is 2.90. The standard InChI is InChI=1S/C12H11F6NO2S/c13-11(14,15)8-3-9(12(16,17)18)5-10(4-8)22(20,21)19-6-7-1-2-7/h3-5,7,19H,1-2,6H2. The Bertz CT molecular complexity index is 629. The normalized spacial score (nSPS) is 16.8. The molecule has 1 saturated carbocycles. The van der Waals surface area contributed by atoms with Gasteiger partial charge in [-0.1, -0.05) is 0 Å². The molecule has 0 saturated heterocycles. The van der Waals surface area contributed by atoms with Crippen molar-refractivity contribution in [1.29, 1.82) is 0 Å². The number of halogens is 6. The predicted molar refractivity (Wildman–Crippen MR) is 64.4 cm³/mol. The first kappa shape index (κ1) is 17.1. The van der Waals surface area contributed by atoms with E-state index in [-0.39, 0.29) is 30.7 Å². The Morgan fingerprint density at radius 3 is 1.77 bits per heavy atom. The van der Waals surface area contributed by atoms with Gasteiger partial charge in [0.05, 0.1) is 16.0 Å². The molecule has 1 aliphatic carbocycles. The number of rotatable bonds is 4. The number of benzene rings is 1. The minimum atomic E-state index is -5.08. The number of alkyl halides is 6. The van der Waals surface area contributed by atoms with Gasteiger partial charge in [0.2, 0.25) is 10.0 Å². The minimum absolute atomic E-state index is 0.0000694. The first-order valence-electron chi connectivity index (χ1n) is 6.19. The van der Waals surface area contributed by atoms with Crippen LogP contribution in [0.1, 0.15) is 24.0 Å². The van der Waals surface area contributed by atoms with Gasteiger partial charge in [0.1, 0.15) is 0 Å². The lowest BCUT2D eigenvalue weighted by atomic mass is 10.1. The maximum absolute atomic E-state index is 12.7. The van der Waals surface area contributed by atoms with Crippen molar-refractivity contribution in [3.63, 3.8) is 0 Å². The second kappa shape index (κ2) is 5.41. The summed E-state index contributed by atoms with van der Waals surface area (Å²) < 4.78 is 102. The zero-order valence-corrected chi connectivity index (χ0v) is 11.7. The lowest BCUT2D eigenvalue weighted by Crippen LogP contribution is -2.26. The molecule has 0 aliphatic heterocycles. The van der Waals surface area contributed by atoms with Gasteiger partial charge in [0.15, 0.2) is 0 Å². The highest BCUT2D eigenvalue weighted by Crippen LogP contribution is 2.37. The van der Waals surface area contributed by atoms with Gasteiger partial charge in [0.25, 0.3) is 0 Å². The molecule has 10 heteroatoms. The molecule has 3 nitrogen and oxygen atoms in total. The van der Waals surface area contributed by atoms with Gasteiger partial charge in [-0.3, -0.25) is 0 Å². The summed E-state index contributed by atoms with van der Waals surface area (Å²) in [6.45, 7) is -0.0000694. The molecule has 0 bridgehead atoms. The molecule has 0 radical (unpaired) electrons. The van der Waals surface area contributed by atoms with E-state index in [4.69, 9.17) is 0 Å². The first-order valence-corrected chi connectivity index (χ1v) is 7.67. The molecule has 1 fully saturated rings. The Morgan fingerprint density at radius 2 is 1.41 bits per heavy atom. The van der Waals surface area contributed by atoms with E-state index in [0.29, 0.717) is 0 Å². The molecule has 0 spiro atoms. The van der Waals surface area contributed by atoms with Crippen molar-refractivity contribution in [1.82, 2.24) is 4.72 Å². The minimum Gasteiger partial charge on any atom is -0.211 e. The molecule has 2 rings (SSSR count). The first-order chi connectivity index (χ1) is 9.89. The average Bonchev–Trinajstić information content (AvgIpc) is 3.18. The van der Waals surface area contributed by atoms with E-state index >= 15 is 0 Å². The Labute approximate surface area is 122 Å². The van der Waals surface area contributed by atoms with Crippen LogP contribution >= 0.6 is 0 Å². The number of hydrogen-bond acceptors (Lipinski definition) is 2. The lowest BCUT2D eigenvalue weighted by molar-refractivity contribution is -0.143. The summed E-state index contributed by atoms with van der Waals surface area (Å²) in [5.74, 6) is 0.0858. The molecule has 0 amide bonds. The van der Waals surface area contributed by atoms with E-state index in [9.17, 15) is 34.8 Å². The van der Waals surface area contributed by atoms with Gasteiger partial charge < -0.3 is 0 Å². The molecule has 0 aromatic heterocycles. The molecular weight excluding hydrogens is 336 g/mol. The van der Waals surface area contributed by atoms with Crippen LogP contribution in [0.15, 0.2) is 23.1 Å². The van der Waals surface area contributed by atoms with Gasteiger partial charge in [-0.25, -0.2) is 13.1 Å². The third-order valence-corrected chi connectivity index (χ3v) is 4.53.